The predicted octanol–water partition coefficient (Wildman–Crippen LogP) is 3.40. The summed E-state index contributed by atoms with van der Waals surface area (Å²) in [6.07, 6.45) is -0.138. The molecule has 88 valence electrons. The second-order valence-corrected chi connectivity index (χ2v) is 5.28. The lowest BCUT2D eigenvalue weighted by atomic mass is 10.2. The fraction of sp³-hybridized carbons (Fsp3) is 0.167. The molecule has 1 N–H and O–H groups in total. The summed E-state index contributed by atoms with van der Waals surface area (Å²) in [6, 6.07) is 7.88. The van der Waals surface area contributed by atoms with Crippen LogP contribution in [0, 0.1) is 6.92 Å². The second kappa shape index (κ2) is 4.85. The molecule has 0 aliphatic heterocycles. The topological polar surface area (TPSA) is 50.2 Å². The monoisotopic (exact) mass is 267 g/mol. The van der Waals surface area contributed by atoms with Crippen molar-refractivity contribution in [3.05, 3.63) is 39.9 Å². The van der Waals surface area contributed by atoms with E-state index in [4.69, 9.17) is 16.7 Å². The zero-order valence-corrected chi connectivity index (χ0v) is 10.7. The number of thiazole rings is 1. The Balaban J connectivity index is 2.34. The molecule has 0 saturated carbocycles. The van der Waals surface area contributed by atoms with Crippen LogP contribution in [0.15, 0.2) is 24.3 Å². The fourth-order valence-corrected chi connectivity index (χ4v) is 2.55. The maximum absolute atomic E-state index is 10.6. The lowest BCUT2D eigenvalue weighted by molar-refractivity contribution is -0.136. The third-order valence-corrected chi connectivity index (χ3v) is 3.65. The predicted molar refractivity (Wildman–Crippen MR) is 68.6 cm³/mol. The first-order valence-corrected chi connectivity index (χ1v) is 6.20. The Morgan fingerprint density at radius 2 is 2.06 bits per heavy atom. The molecule has 5 heteroatoms. The Bertz CT molecular complexity index is 548. The highest BCUT2D eigenvalue weighted by Crippen LogP contribution is 2.32. The highest BCUT2D eigenvalue weighted by atomic mass is 35.5. The van der Waals surface area contributed by atoms with Gasteiger partial charge in [0.25, 0.3) is 0 Å². The van der Waals surface area contributed by atoms with Gasteiger partial charge >= 0.3 is 5.97 Å². The van der Waals surface area contributed by atoms with Gasteiger partial charge in [0.2, 0.25) is 0 Å². The van der Waals surface area contributed by atoms with Crippen LogP contribution in [0.1, 0.15) is 11.3 Å². The summed E-state index contributed by atoms with van der Waals surface area (Å²) in [6.45, 7) is 2.01. The van der Waals surface area contributed by atoms with Crippen LogP contribution < -0.4 is 0 Å². The SMILES string of the molecule is Cc1ccc(-c2nc(CC(=O)O)c(Cl)s2)cc1. The first kappa shape index (κ1) is 12.1. The summed E-state index contributed by atoms with van der Waals surface area (Å²) in [7, 11) is 0. The van der Waals surface area contributed by atoms with E-state index >= 15 is 0 Å². The highest BCUT2D eigenvalue weighted by Gasteiger charge is 2.13. The maximum Gasteiger partial charge on any atom is 0.309 e. The molecule has 0 atom stereocenters. The molecule has 0 amide bonds. The van der Waals surface area contributed by atoms with Gasteiger partial charge in [-0.25, -0.2) is 4.98 Å². The number of rotatable bonds is 3. The van der Waals surface area contributed by atoms with Crippen molar-refractivity contribution in [1.82, 2.24) is 4.98 Å². The van der Waals surface area contributed by atoms with Gasteiger partial charge in [0, 0.05) is 5.56 Å². The Labute approximate surface area is 108 Å². The number of aliphatic carboxylic acids is 1. The minimum Gasteiger partial charge on any atom is -0.481 e. The normalized spacial score (nSPS) is 10.5. The van der Waals surface area contributed by atoms with Gasteiger partial charge in [-0.3, -0.25) is 4.79 Å². The zero-order chi connectivity index (χ0) is 12.4. The molecule has 1 aromatic heterocycles. The number of carboxylic acid groups (broad SMARTS) is 1. The largest absolute Gasteiger partial charge is 0.481 e. The molecule has 17 heavy (non-hydrogen) atoms. The van der Waals surface area contributed by atoms with Gasteiger partial charge in [-0.2, -0.15) is 0 Å². The summed E-state index contributed by atoms with van der Waals surface area (Å²) in [5.41, 5.74) is 2.56. The van der Waals surface area contributed by atoms with Crippen molar-refractivity contribution in [3.8, 4) is 10.6 Å². The van der Waals surface area contributed by atoms with Crippen LogP contribution in [0.4, 0.5) is 0 Å². The Morgan fingerprint density at radius 3 is 2.65 bits per heavy atom. The maximum atomic E-state index is 10.6. The van der Waals surface area contributed by atoms with E-state index in [1.807, 2.05) is 31.2 Å². The molecule has 0 radical (unpaired) electrons. The summed E-state index contributed by atoms with van der Waals surface area (Å²) < 4.78 is 0.447. The number of carboxylic acids is 1. The number of hydrogen-bond donors (Lipinski definition) is 1. The molecular weight excluding hydrogens is 258 g/mol. The van der Waals surface area contributed by atoms with E-state index in [-0.39, 0.29) is 6.42 Å². The molecule has 0 spiro atoms. The van der Waals surface area contributed by atoms with Crippen molar-refractivity contribution in [2.75, 3.05) is 0 Å². The van der Waals surface area contributed by atoms with Crippen LogP contribution in [-0.4, -0.2) is 16.1 Å². The third kappa shape index (κ3) is 2.84. The van der Waals surface area contributed by atoms with Gasteiger partial charge in [-0.15, -0.1) is 11.3 Å². The van der Waals surface area contributed by atoms with Crippen molar-refractivity contribution < 1.29 is 9.90 Å². The van der Waals surface area contributed by atoms with E-state index in [1.165, 1.54) is 16.9 Å². The molecule has 1 heterocycles. The Morgan fingerprint density at radius 1 is 1.41 bits per heavy atom. The molecule has 3 nitrogen and oxygen atoms in total. The number of nitrogens with zero attached hydrogens (tertiary/aromatic N) is 1. The quantitative estimate of drug-likeness (QED) is 0.927. The number of benzene rings is 1. The second-order valence-electron chi connectivity index (χ2n) is 3.68. The minimum atomic E-state index is -0.923. The zero-order valence-electron chi connectivity index (χ0n) is 9.11. The first-order chi connectivity index (χ1) is 8.06. The van der Waals surface area contributed by atoms with E-state index in [0.717, 1.165) is 10.6 Å². The standard InChI is InChI=1S/C12H10ClNO2S/c1-7-2-4-8(5-3-7)12-14-9(6-10(15)16)11(13)17-12/h2-5H,6H2,1H3,(H,15,16). The summed E-state index contributed by atoms with van der Waals surface area (Å²) >= 11 is 7.27. The molecule has 2 aromatic rings. The fourth-order valence-electron chi connectivity index (χ4n) is 1.41. The van der Waals surface area contributed by atoms with Crippen molar-refractivity contribution in [1.29, 1.82) is 0 Å². The molecule has 0 aliphatic carbocycles. The van der Waals surface area contributed by atoms with Gasteiger partial charge in [-0.1, -0.05) is 41.4 Å². The molecule has 0 aliphatic rings. The van der Waals surface area contributed by atoms with Crippen LogP contribution >= 0.6 is 22.9 Å². The molecule has 2 rings (SSSR count). The van der Waals surface area contributed by atoms with Gasteiger partial charge in [0.1, 0.15) is 9.34 Å². The van der Waals surface area contributed by atoms with Gasteiger partial charge in [-0.05, 0) is 6.92 Å². The lowest BCUT2D eigenvalue weighted by Gasteiger charge is -1.96. The van der Waals surface area contributed by atoms with E-state index in [2.05, 4.69) is 4.98 Å². The Kier molecular flexibility index (Phi) is 3.45. The third-order valence-electron chi connectivity index (χ3n) is 2.27. The highest BCUT2D eigenvalue weighted by molar-refractivity contribution is 7.19. The average Bonchev–Trinajstić information content (AvgIpc) is 2.60. The van der Waals surface area contributed by atoms with E-state index in [9.17, 15) is 4.79 Å². The van der Waals surface area contributed by atoms with Crippen LogP contribution in [-0.2, 0) is 11.2 Å². The van der Waals surface area contributed by atoms with Crippen LogP contribution in [0.3, 0.4) is 0 Å². The number of carbonyl (C=O) groups is 1. The van der Waals surface area contributed by atoms with Crippen molar-refractivity contribution in [2.45, 2.75) is 13.3 Å². The summed E-state index contributed by atoms with van der Waals surface area (Å²) in [4.78, 5) is 14.9. The van der Waals surface area contributed by atoms with Crippen LogP contribution in [0.5, 0.6) is 0 Å². The summed E-state index contributed by atoms with van der Waals surface area (Å²) in [5.74, 6) is -0.923. The molecule has 1 aromatic carbocycles. The molecule has 0 saturated heterocycles. The van der Waals surface area contributed by atoms with Crippen molar-refractivity contribution in [2.24, 2.45) is 0 Å². The number of aromatic nitrogens is 1. The van der Waals surface area contributed by atoms with Gasteiger partial charge in [0.05, 0.1) is 12.1 Å². The van der Waals surface area contributed by atoms with Gasteiger partial charge in [0.15, 0.2) is 0 Å². The van der Waals surface area contributed by atoms with E-state index in [0.29, 0.717) is 10.0 Å². The van der Waals surface area contributed by atoms with Crippen molar-refractivity contribution in [3.63, 3.8) is 0 Å². The lowest BCUT2D eigenvalue weighted by Crippen LogP contribution is -2.00. The molecule has 0 fully saturated rings. The van der Waals surface area contributed by atoms with E-state index < -0.39 is 5.97 Å². The molecule has 0 unspecified atom stereocenters. The minimum absolute atomic E-state index is 0.138. The first-order valence-electron chi connectivity index (χ1n) is 5.00. The molecular formula is C12H10ClNO2S. The number of aryl methyl sites for hydroxylation is 1. The number of halogens is 1. The van der Waals surface area contributed by atoms with Crippen LogP contribution in [0.2, 0.25) is 4.34 Å². The van der Waals surface area contributed by atoms with Crippen molar-refractivity contribution >= 4 is 28.9 Å². The Hall–Kier alpha value is -1.39. The average molecular weight is 268 g/mol. The molecule has 0 bridgehead atoms. The van der Waals surface area contributed by atoms with Crippen LogP contribution in [0.25, 0.3) is 10.6 Å². The summed E-state index contributed by atoms with van der Waals surface area (Å²) in [5, 5.41) is 9.47. The van der Waals surface area contributed by atoms with E-state index in [1.54, 1.807) is 0 Å². The van der Waals surface area contributed by atoms with Gasteiger partial charge < -0.3 is 5.11 Å². The number of hydrogen-bond acceptors (Lipinski definition) is 3. The smallest absolute Gasteiger partial charge is 0.309 e.